The highest BCUT2D eigenvalue weighted by atomic mass is 79.9. The summed E-state index contributed by atoms with van der Waals surface area (Å²) in [6, 6.07) is 7.70. The zero-order chi connectivity index (χ0) is 16.7. The van der Waals surface area contributed by atoms with Gasteiger partial charge in [0, 0.05) is 24.2 Å². The maximum Gasteiger partial charge on any atom is 0.305 e. The van der Waals surface area contributed by atoms with Gasteiger partial charge in [0.1, 0.15) is 0 Å². The van der Waals surface area contributed by atoms with E-state index in [2.05, 4.69) is 15.9 Å². The minimum atomic E-state index is -0.897. The molecule has 0 spiro atoms. The fourth-order valence-electron chi connectivity index (χ4n) is 2.67. The summed E-state index contributed by atoms with van der Waals surface area (Å²) in [5, 5.41) is 8.91. The van der Waals surface area contributed by atoms with E-state index < -0.39 is 5.97 Å². The van der Waals surface area contributed by atoms with Gasteiger partial charge in [0.2, 0.25) is 5.91 Å². The topological polar surface area (TPSA) is 66.8 Å². The molecule has 0 aromatic heterocycles. The number of hydrogen-bond acceptors (Lipinski definition) is 3. The summed E-state index contributed by atoms with van der Waals surface area (Å²) in [6.07, 6.45) is 3.27. The predicted octanol–water partition coefficient (Wildman–Crippen LogP) is 3.21. The molecule has 0 radical (unpaired) electrons. The van der Waals surface area contributed by atoms with Gasteiger partial charge in [-0.05, 0) is 37.0 Å². The lowest BCUT2D eigenvalue weighted by molar-refractivity contribution is -0.139. The molecule has 1 unspecified atom stereocenters. The summed E-state index contributed by atoms with van der Waals surface area (Å²) >= 11 is 3.41. The Balaban J connectivity index is 1.99. The predicted molar refractivity (Wildman–Crippen MR) is 90.0 cm³/mol. The van der Waals surface area contributed by atoms with E-state index in [0.717, 1.165) is 29.3 Å². The first-order chi connectivity index (χ1) is 11.0. The first-order valence-corrected chi connectivity index (χ1v) is 8.69. The van der Waals surface area contributed by atoms with Crippen LogP contribution in [0.2, 0.25) is 0 Å². The van der Waals surface area contributed by atoms with Gasteiger partial charge in [-0.1, -0.05) is 28.1 Å². The van der Waals surface area contributed by atoms with E-state index in [4.69, 9.17) is 9.84 Å². The van der Waals surface area contributed by atoms with Crippen molar-refractivity contribution in [2.24, 2.45) is 0 Å². The molecule has 0 aliphatic carbocycles. The monoisotopic (exact) mass is 383 g/mol. The number of hydrogen-bond donors (Lipinski definition) is 1. The number of nitrogens with zero attached hydrogens (tertiary/aromatic N) is 1. The molecule has 1 N–H and O–H groups in total. The lowest BCUT2D eigenvalue weighted by atomic mass is 10.1. The molecule has 1 heterocycles. The van der Waals surface area contributed by atoms with Crippen LogP contribution in [0.3, 0.4) is 0 Å². The van der Waals surface area contributed by atoms with Crippen LogP contribution in [0.25, 0.3) is 0 Å². The number of halogens is 1. The molecule has 1 saturated heterocycles. The minimum Gasteiger partial charge on any atom is -0.481 e. The molecule has 1 aromatic rings. The first-order valence-electron chi connectivity index (χ1n) is 7.90. The molecule has 1 aliphatic heterocycles. The van der Waals surface area contributed by atoms with E-state index >= 15 is 0 Å². The van der Waals surface area contributed by atoms with Crippen molar-refractivity contribution in [2.75, 3.05) is 13.2 Å². The van der Waals surface area contributed by atoms with Crippen molar-refractivity contribution in [1.82, 2.24) is 4.90 Å². The Labute approximate surface area is 144 Å². The molecule has 5 nitrogen and oxygen atoms in total. The smallest absolute Gasteiger partial charge is 0.305 e. The van der Waals surface area contributed by atoms with Gasteiger partial charge in [-0.3, -0.25) is 9.59 Å². The Morgan fingerprint density at radius 3 is 2.83 bits per heavy atom. The van der Waals surface area contributed by atoms with E-state index in [1.165, 1.54) is 0 Å². The number of carboxylic acid groups (broad SMARTS) is 1. The fraction of sp³-hybridized carbons (Fsp3) is 0.529. The lowest BCUT2D eigenvalue weighted by Crippen LogP contribution is -2.36. The van der Waals surface area contributed by atoms with Gasteiger partial charge in [0.25, 0.3) is 0 Å². The van der Waals surface area contributed by atoms with Crippen molar-refractivity contribution in [3.8, 4) is 0 Å². The van der Waals surface area contributed by atoms with Crippen LogP contribution in [-0.2, 0) is 20.9 Å². The Hall–Kier alpha value is -1.40. The molecule has 6 heteroatoms. The number of benzene rings is 1. The summed E-state index contributed by atoms with van der Waals surface area (Å²) in [5.41, 5.74) is 0.975. The number of carboxylic acids is 1. The summed E-state index contributed by atoms with van der Waals surface area (Å²) in [4.78, 5) is 25.0. The first kappa shape index (κ1) is 17.9. The maximum absolute atomic E-state index is 12.6. The second-order valence-electron chi connectivity index (χ2n) is 5.78. The standard InChI is InChI=1S/C17H22BrNO4/c18-14-5-3-4-13(10-14)12-19(8-7-17(21)22)16(20)11-15-6-1-2-9-23-15/h3-5,10,15H,1-2,6-9,11-12H2,(H,21,22). The molecule has 1 atom stereocenters. The largest absolute Gasteiger partial charge is 0.481 e. The highest BCUT2D eigenvalue weighted by Gasteiger charge is 2.22. The number of aliphatic carboxylic acids is 1. The van der Waals surface area contributed by atoms with Crippen molar-refractivity contribution in [3.63, 3.8) is 0 Å². The highest BCUT2D eigenvalue weighted by molar-refractivity contribution is 9.10. The normalized spacial score (nSPS) is 17.7. The van der Waals surface area contributed by atoms with Gasteiger partial charge in [0.05, 0.1) is 18.9 Å². The van der Waals surface area contributed by atoms with Crippen molar-refractivity contribution < 1.29 is 19.4 Å². The fourth-order valence-corrected chi connectivity index (χ4v) is 3.12. The summed E-state index contributed by atoms with van der Waals surface area (Å²) < 4.78 is 6.56. The van der Waals surface area contributed by atoms with Crippen LogP contribution < -0.4 is 0 Å². The summed E-state index contributed by atoms with van der Waals surface area (Å²) in [5.74, 6) is -0.941. The quantitative estimate of drug-likeness (QED) is 0.784. The third-order valence-electron chi connectivity index (χ3n) is 3.89. The summed E-state index contributed by atoms with van der Waals surface area (Å²) in [7, 11) is 0. The number of amides is 1. The third kappa shape index (κ3) is 6.31. The van der Waals surface area contributed by atoms with Crippen molar-refractivity contribution >= 4 is 27.8 Å². The average Bonchev–Trinajstić information content (AvgIpc) is 2.52. The van der Waals surface area contributed by atoms with Gasteiger partial charge in [-0.15, -0.1) is 0 Å². The Bertz CT molecular complexity index is 543. The van der Waals surface area contributed by atoms with Crippen molar-refractivity contribution in [2.45, 2.75) is 44.8 Å². The number of carbonyl (C=O) groups excluding carboxylic acids is 1. The Morgan fingerprint density at radius 1 is 1.35 bits per heavy atom. The average molecular weight is 384 g/mol. The van der Waals surface area contributed by atoms with Crippen LogP contribution >= 0.6 is 15.9 Å². The van der Waals surface area contributed by atoms with Crippen molar-refractivity contribution in [3.05, 3.63) is 34.3 Å². The molecule has 1 aliphatic rings. The lowest BCUT2D eigenvalue weighted by Gasteiger charge is -2.27. The zero-order valence-electron chi connectivity index (χ0n) is 13.0. The van der Waals surface area contributed by atoms with Crippen LogP contribution in [0.15, 0.2) is 28.7 Å². The molecule has 1 aromatic carbocycles. The van der Waals surface area contributed by atoms with Crippen LogP contribution in [0.4, 0.5) is 0 Å². The van der Waals surface area contributed by atoms with E-state index in [0.29, 0.717) is 19.6 Å². The van der Waals surface area contributed by atoms with Crippen LogP contribution in [-0.4, -0.2) is 41.1 Å². The van der Waals surface area contributed by atoms with E-state index in [-0.39, 0.29) is 25.0 Å². The second-order valence-corrected chi connectivity index (χ2v) is 6.70. The molecule has 1 amide bonds. The third-order valence-corrected chi connectivity index (χ3v) is 4.38. The minimum absolute atomic E-state index is 0.0360. The summed E-state index contributed by atoms with van der Waals surface area (Å²) in [6.45, 7) is 1.34. The SMILES string of the molecule is O=C(O)CCN(Cc1cccc(Br)c1)C(=O)CC1CCCCO1. The number of ether oxygens (including phenoxy) is 1. The molecule has 126 valence electrons. The number of rotatable bonds is 7. The van der Waals surface area contributed by atoms with Gasteiger partial charge >= 0.3 is 5.97 Å². The zero-order valence-corrected chi connectivity index (χ0v) is 14.6. The number of carbonyl (C=O) groups is 2. The van der Waals surface area contributed by atoms with Gasteiger partial charge in [-0.25, -0.2) is 0 Å². The Morgan fingerprint density at radius 2 is 2.17 bits per heavy atom. The molecule has 0 bridgehead atoms. The molecule has 1 fully saturated rings. The van der Waals surface area contributed by atoms with Crippen LogP contribution in [0.5, 0.6) is 0 Å². The second kappa shape index (κ2) is 9.03. The van der Waals surface area contributed by atoms with Gasteiger partial charge in [-0.2, -0.15) is 0 Å². The van der Waals surface area contributed by atoms with Crippen molar-refractivity contribution in [1.29, 1.82) is 0 Å². The Kier molecular flexibility index (Phi) is 7.05. The van der Waals surface area contributed by atoms with E-state index in [9.17, 15) is 9.59 Å². The molecular formula is C17H22BrNO4. The molecule has 0 saturated carbocycles. The van der Waals surface area contributed by atoms with E-state index in [1.54, 1.807) is 4.90 Å². The van der Waals surface area contributed by atoms with Crippen LogP contribution in [0, 0.1) is 0 Å². The molecule has 2 rings (SSSR count). The van der Waals surface area contributed by atoms with Crippen LogP contribution in [0.1, 0.15) is 37.7 Å². The molecule has 23 heavy (non-hydrogen) atoms. The van der Waals surface area contributed by atoms with Gasteiger partial charge < -0.3 is 14.7 Å². The van der Waals surface area contributed by atoms with E-state index in [1.807, 2.05) is 24.3 Å². The molecular weight excluding hydrogens is 362 g/mol. The van der Waals surface area contributed by atoms with Gasteiger partial charge in [0.15, 0.2) is 0 Å². The maximum atomic E-state index is 12.6. The highest BCUT2D eigenvalue weighted by Crippen LogP contribution is 2.18.